The monoisotopic (exact) mass is 310 g/mol. The lowest BCUT2D eigenvalue weighted by Gasteiger charge is -2.28. The SMILES string of the molecule is Cc1cc(O)ccc1NC(=O)C(=O)N1CCc2ccccc2C1. The van der Waals surface area contributed by atoms with E-state index >= 15 is 0 Å². The average molecular weight is 310 g/mol. The topological polar surface area (TPSA) is 69.6 Å². The van der Waals surface area contributed by atoms with Crippen molar-refractivity contribution in [3.63, 3.8) is 0 Å². The first-order valence-electron chi connectivity index (χ1n) is 7.51. The van der Waals surface area contributed by atoms with Crippen molar-refractivity contribution in [2.75, 3.05) is 11.9 Å². The second kappa shape index (κ2) is 6.12. The van der Waals surface area contributed by atoms with Gasteiger partial charge in [-0.3, -0.25) is 9.59 Å². The molecule has 0 aromatic heterocycles. The number of hydrogen-bond donors (Lipinski definition) is 2. The van der Waals surface area contributed by atoms with Crippen LogP contribution in [-0.2, 0) is 22.6 Å². The normalized spacial score (nSPS) is 13.3. The molecule has 0 atom stereocenters. The first-order chi connectivity index (χ1) is 11.0. The molecule has 0 bridgehead atoms. The maximum atomic E-state index is 12.4. The molecule has 3 rings (SSSR count). The highest BCUT2D eigenvalue weighted by molar-refractivity contribution is 6.39. The molecule has 2 aromatic carbocycles. The molecule has 23 heavy (non-hydrogen) atoms. The van der Waals surface area contributed by atoms with Gasteiger partial charge in [0.2, 0.25) is 0 Å². The van der Waals surface area contributed by atoms with Crippen LogP contribution in [0.4, 0.5) is 5.69 Å². The lowest BCUT2D eigenvalue weighted by molar-refractivity contribution is -0.143. The molecule has 0 spiro atoms. The Labute approximate surface area is 134 Å². The van der Waals surface area contributed by atoms with Gasteiger partial charge < -0.3 is 15.3 Å². The van der Waals surface area contributed by atoms with E-state index in [9.17, 15) is 14.7 Å². The molecule has 5 nitrogen and oxygen atoms in total. The van der Waals surface area contributed by atoms with Crippen molar-refractivity contribution in [3.05, 3.63) is 59.2 Å². The van der Waals surface area contributed by atoms with Gasteiger partial charge in [0.25, 0.3) is 0 Å². The highest BCUT2D eigenvalue weighted by atomic mass is 16.3. The van der Waals surface area contributed by atoms with Crippen molar-refractivity contribution in [1.82, 2.24) is 4.90 Å². The average Bonchev–Trinajstić information content (AvgIpc) is 2.56. The van der Waals surface area contributed by atoms with Crippen molar-refractivity contribution < 1.29 is 14.7 Å². The van der Waals surface area contributed by atoms with E-state index < -0.39 is 11.8 Å². The van der Waals surface area contributed by atoms with Crippen LogP contribution in [0.15, 0.2) is 42.5 Å². The molecule has 2 N–H and O–H groups in total. The number of aromatic hydroxyl groups is 1. The number of nitrogens with one attached hydrogen (secondary N) is 1. The number of phenolic OH excluding ortho intramolecular Hbond substituents is 1. The number of rotatable bonds is 1. The van der Waals surface area contributed by atoms with E-state index in [1.807, 2.05) is 18.2 Å². The van der Waals surface area contributed by atoms with Gasteiger partial charge in [-0.05, 0) is 48.2 Å². The van der Waals surface area contributed by atoms with Crippen molar-refractivity contribution in [2.24, 2.45) is 0 Å². The second-order valence-corrected chi connectivity index (χ2v) is 5.70. The zero-order valence-corrected chi connectivity index (χ0v) is 12.9. The fraction of sp³-hybridized carbons (Fsp3) is 0.222. The third-order valence-corrected chi connectivity index (χ3v) is 4.07. The Morgan fingerprint density at radius 2 is 1.87 bits per heavy atom. The largest absolute Gasteiger partial charge is 0.508 e. The molecule has 1 aliphatic rings. The Hall–Kier alpha value is -2.82. The summed E-state index contributed by atoms with van der Waals surface area (Å²) in [5.41, 5.74) is 3.54. The molecule has 2 aromatic rings. The van der Waals surface area contributed by atoms with Crippen LogP contribution in [0.25, 0.3) is 0 Å². The van der Waals surface area contributed by atoms with E-state index in [0.717, 1.165) is 12.0 Å². The summed E-state index contributed by atoms with van der Waals surface area (Å²) in [6.45, 7) is 2.76. The first-order valence-corrected chi connectivity index (χ1v) is 7.51. The van der Waals surface area contributed by atoms with E-state index in [0.29, 0.717) is 24.3 Å². The summed E-state index contributed by atoms with van der Waals surface area (Å²) in [4.78, 5) is 26.1. The molecule has 5 heteroatoms. The third kappa shape index (κ3) is 3.18. The highest BCUT2D eigenvalue weighted by Gasteiger charge is 2.25. The fourth-order valence-electron chi connectivity index (χ4n) is 2.78. The van der Waals surface area contributed by atoms with E-state index in [1.54, 1.807) is 17.9 Å². The predicted octanol–water partition coefficient (Wildman–Crippen LogP) is 2.22. The van der Waals surface area contributed by atoms with E-state index in [-0.39, 0.29) is 5.75 Å². The van der Waals surface area contributed by atoms with Gasteiger partial charge in [0, 0.05) is 18.8 Å². The Bertz CT molecular complexity index is 771. The van der Waals surface area contributed by atoms with E-state index in [4.69, 9.17) is 0 Å². The number of anilines is 1. The predicted molar refractivity (Wildman–Crippen MR) is 87.0 cm³/mol. The quantitative estimate of drug-likeness (QED) is 0.627. The van der Waals surface area contributed by atoms with Gasteiger partial charge in [-0.2, -0.15) is 0 Å². The van der Waals surface area contributed by atoms with Crippen LogP contribution in [0.5, 0.6) is 5.75 Å². The maximum absolute atomic E-state index is 12.4. The lowest BCUT2D eigenvalue weighted by atomic mass is 10.00. The molecule has 0 aliphatic carbocycles. The van der Waals surface area contributed by atoms with Gasteiger partial charge in [-0.1, -0.05) is 24.3 Å². The van der Waals surface area contributed by atoms with Gasteiger partial charge in [0.05, 0.1) is 0 Å². The zero-order chi connectivity index (χ0) is 16.4. The van der Waals surface area contributed by atoms with Crippen LogP contribution in [0.2, 0.25) is 0 Å². The van der Waals surface area contributed by atoms with Crippen molar-refractivity contribution in [1.29, 1.82) is 0 Å². The second-order valence-electron chi connectivity index (χ2n) is 5.70. The van der Waals surface area contributed by atoms with Crippen LogP contribution >= 0.6 is 0 Å². The van der Waals surface area contributed by atoms with Gasteiger partial charge in [0.15, 0.2) is 0 Å². The van der Waals surface area contributed by atoms with Crippen molar-refractivity contribution in [2.45, 2.75) is 19.9 Å². The number of hydrogen-bond acceptors (Lipinski definition) is 3. The first kappa shape index (κ1) is 15.1. The summed E-state index contributed by atoms with van der Waals surface area (Å²) < 4.78 is 0. The molecule has 0 saturated heterocycles. The summed E-state index contributed by atoms with van der Waals surface area (Å²) in [5, 5.41) is 12.0. The minimum Gasteiger partial charge on any atom is -0.508 e. The number of phenols is 1. The highest BCUT2D eigenvalue weighted by Crippen LogP contribution is 2.21. The number of nitrogens with zero attached hydrogens (tertiary/aromatic N) is 1. The number of carbonyl (C=O) groups is 2. The molecule has 0 unspecified atom stereocenters. The van der Waals surface area contributed by atoms with E-state index in [2.05, 4.69) is 11.4 Å². The number of amides is 2. The van der Waals surface area contributed by atoms with E-state index in [1.165, 1.54) is 17.7 Å². The number of fused-ring (bicyclic) bond motifs is 1. The zero-order valence-electron chi connectivity index (χ0n) is 12.9. The molecular formula is C18H18N2O3. The number of carbonyl (C=O) groups excluding carboxylic acids is 2. The van der Waals surface area contributed by atoms with Gasteiger partial charge in [-0.25, -0.2) is 0 Å². The molecule has 0 radical (unpaired) electrons. The van der Waals surface area contributed by atoms with Crippen LogP contribution in [0.1, 0.15) is 16.7 Å². The van der Waals surface area contributed by atoms with Gasteiger partial charge in [-0.15, -0.1) is 0 Å². The van der Waals surface area contributed by atoms with Crippen molar-refractivity contribution in [3.8, 4) is 5.75 Å². The Morgan fingerprint density at radius 3 is 2.61 bits per heavy atom. The molecular weight excluding hydrogens is 292 g/mol. The maximum Gasteiger partial charge on any atom is 0.313 e. The Kier molecular flexibility index (Phi) is 4.02. The molecule has 118 valence electrons. The number of aryl methyl sites for hydroxylation is 1. The smallest absolute Gasteiger partial charge is 0.313 e. The summed E-state index contributed by atoms with van der Waals surface area (Å²) in [7, 11) is 0. The summed E-state index contributed by atoms with van der Waals surface area (Å²) in [5.74, 6) is -1.07. The van der Waals surface area contributed by atoms with Crippen LogP contribution in [-0.4, -0.2) is 28.4 Å². The minimum absolute atomic E-state index is 0.125. The summed E-state index contributed by atoms with van der Waals surface area (Å²) in [6, 6.07) is 12.6. The van der Waals surface area contributed by atoms with Crippen LogP contribution < -0.4 is 5.32 Å². The summed E-state index contributed by atoms with van der Waals surface area (Å²) >= 11 is 0. The standard InChI is InChI=1S/C18H18N2O3/c1-12-10-15(21)6-7-16(12)19-17(22)18(23)20-9-8-13-4-2-3-5-14(13)11-20/h2-7,10,21H,8-9,11H2,1H3,(H,19,22). The van der Waals surface area contributed by atoms with Gasteiger partial charge >= 0.3 is 11.8 Å². The lowest BCUT2D eigenvalue weighted by Crippen LogP contribution is -2.42. The van der Waals surface area contributed by atoms with Gasteiger partial charge in [0.1, 0.15) is 5.75 Å². The van der Waals surface area contributed by atoms with Crippen LogP contribution in [0, 0.1) is 6.92 Å². The Morgan fingerprint density at radius 1 is 1.13 bits per heavy atom. The summed E-state index contributed by atoms with van der Waals surface area (Å²) in [6.07, 6.45) is 0.757. The minimum atomic E-state index is -0.654. The number of benzene rings is 2. The van der Waals surface area contributed by atoms with Crippen molar-refractivity contribution >= 4 is 17.5 Å². The van der Waals surface area contributed by atoms with Crippen LogP contribution in [0.3, 0.4) is 0 Å². The molecule has 0 saturated carbocycles. The fourth-order valence-corrected chi connectivity index (χ4v) is 2.78. The molecule has 2 amide bonds. The molecule has 0 fully saturated rings. The molecule has 1 heterocycles. The Balaban J connectivity index is 1.70. The molecule has 1 aliphatic heterocycles. The third-order valence-electron chi connectivity index (χ3n) is 4.07.